The topological polar surface area (TPSA) is 158 Å². The Bertz CT molecular complexity index is 937. The van der Waals surface area contributed by atoms with Crippen LogP contribution in [0.5, 0.6) is 0 Å². The minimum absolute atomic E-state index is 0.0369. The molecule has 2 heterocycles. The molecule has 1 amide bonds. The Balaban J connectivity index is 2.35. The van der Waals surface area contributed by atoms with Crippen LogP contribution in [0, 0.1) is 12.8 Å². The summed E-state index contributed by atoms with van der Waals surface area (Å²) in [5, 5.41) is 13.4. The number of rotatable bonds is 11. The number of H-pyrrole nitrogens is 1. The van der Waals surface area contributed by atoms with Crippen molar-refractivity contribution in [1.82, 2.24) is 14.9 Å². The number of aliphatic hydroxyl groups is 1. The van der Waals surface area contributed by atoms with Crippen molar-refractivity contribution in [3.05, 3.63) is 32.6 Å². The minimum Gasteiger partial charge on any atom is -0.387 e. The fourth-order valence-corrected chi connectivity index (χ4v) is 5.55. The molecule has 0 radical (unpaired) electrons. The number of carbonyl (C=O) groups is 1. The van der Waals surface area contributed by atoms with Gasteiger partial charge >= 0.3 is 13.3 Å². The Morgan fingerprint density at radius 2 is 1.97 bits per heavy atom. The van der Waals surface area contributed by atoms with E-state index >= 15 is 0 Å². The number of hydrogen-bond acceptors (Lipinski definition) is 9. The second-order valence-electron chi connectivity index (χ2n) is 7.52. The van der Waals surface area contributed by atoms with Crippen LogP contribution in [0.1, 0.15) is 32.6 Å². The first-order chi connectivity index (χ1) is 15.1. The number of likely N-dealkylation sites (N-methyl/N-ethyl adjacent to an activating group) is 1. The zero-order valence-electron chi connectivity index (χ0n) is 18.9. The van der Waals surface area contributed by atoms with Gasteiger partial charge in [-0.15, -0.1) is 0 Å². The third-order valence-electron chi connectivity index (χ3n) is 5.08. The van der Waals surface area contributed by atoms with E-state index in [1.54, 1.807) is 20.8 Å². The zero-order chi connectivity index (χ0) is 24.1. The number of carbonyl (C=O) groups excluding carboxylic acids is 1. The van der Waals surface area contributed by atoms with Crippen molar-refractivity contribution >= 4 is 13.5 Å². The number of amides is 1. The van der Waals surface area contributed by atoms with Crippen molar-refractivity contribution in [2.75, 3.05) is 33.0 Å². The highest BCUT2D eigenvalue weighted by Gasteiger charge is 2.49. The van der Waals surface area contributed by atoms with Gasteiger partial charge < -0.3 is 28.9 Å². The van der Waals surface area contributed by atoms with Crippen LogP contribution in [0.2, 0.25) is 0 Å². The van der Waals surface area contributed by atoms with Crippen LogP contribution in [0.15, 0.2) is 15.8 Å². The van der Waals surface area contributed by atoms with Crippen molar-refractivity contribution in [1.29, 1.82) is 0 Å². The lowest BCUT2D eigenvalue weighted by Gasteiger charge is -2.26. The summed E-state index contributed by atoms with van der Waals surface area (Å²) in [5.74, 6) is -0.959. The van der Waals surface area contributed by atoms with Crippen LogP contribution >= 0.6 is 7.60 Å². The van der Waals surface area contributed by atoms with Gasteiger partial charge in [0.1, 0.15) is 18.8 Å². The first-order valence-corrected chi connectivity index (χ1v) is 12.2. The molecule has 5 atom stereocenters. The summed E-state index contributed by atoms with van der Waals surface area (Å²) in [6, 6.07) is 0. The van der Waals surface area contributed by atoms with E-state index in [1.165, 1.54) is 20.2 Å². The lowest BCUT2D eigenvalue weighted by Crippen LogP contribution is -2.42. The second-order valence-corrected chi connectivity index (χ2v) is 9.62. The maximum Gasteiger partial charge on any atom is 0.331 e. The summed E-state index contributed by atoms with van der Waals surface area (Å²) in [6.07, 6.45) is -3.17. The molecular formula is C19H32N3O9P. The van der Waals surface area contributed by atoms with E-state index in [0.717, 1.165) is 4.57 Å². The van der Waals surface area contributed by atoms with E-state index in [1.807, 2.05) is 0 Å². The zero-order valence-corrected chi connectivity index (χ0v) is 19.8. The minimum atomic E-state index is -3.44. The molecule has 13 heteroatoms. The summed E-state index contributed by atoms with van der Waals surface area (Å²) in [4.78, 5) is 38.1. The molecule has 1 aliphatic heterocycles. The van der Waals surface area contributed by atoms with Gasteiger partial charge in [-0.2, -0.15) is 0 Å². The van der Waals surface area contributed by atoms with Crippen LogP contribution in [0.4, 0.5) is 0 Å². The van der Waals surface area contributed by atoms with Gasteiger partial charge in [-0.3, -0.25) is 23.7 Å². The van der Waals surface area contributed by atoms with Crippen LogP contribution in [-0.4, -0.2) is 71.9 Å². The molecule has 32 heavy (non-hydrogen) atoms. The molecule has 0 bridgehead atoms. The monoisotopic (exact) mass is 477 g/mol. The quantitative estimate of drug-likeness (QED) is 0.377. The van der Waals surface area contributed by atoms with Crippen LogP contribution < -0.4 is 16.6 Å². The van der Waals surface area contributed by atoms with Gasteiger partial charge in [-0.1, -0.05) is 6.92 Å². The molecule has 0 aromatic carbocycles. The normalized spacial score (nSPS) is 24.4. The molecule has 182 valence electrons. The average Bonchev–Trinajstić information content (AvgIpc) is 3.05. The molecular weight excluding hydrogens is 445 g/mol. The van der Waals surface area contributed by atoms with Gasteiger partial charge in [-0.05, 0) is 26.7 Å². The van der Waals surface area contributed by atoms with Crippen molar-refractivity contribution in [3.63, 3.8) is 0 Å². The highest BCUT2D eigenvalue weighted by molar-refractivity contribution is 7.53. The van der Waals surface area contributed by atoms with Gasteiger partial charge in [0.15, 0.2) is 6.23 Å². The molecule has 1 aliphatic rings. The highest BCUT2D eigenvalue weighted by atomic mass is 31.2. The number of aliphatic hydroxyl groups excluding tert-OH is 1. The molecule has 1 aromatic rings. The molecule has 1 saturated heterocycles. The Morgan fingerprint density at radius 3 is 2.53 bits per heavy atom. The van der Waals surface area contributed by atoms with Crippen LogP contribution in [0.3, 0.4) is 0 Å². The fraction of sp³-hybridized carbons (Fsp3) is 0.737. The number of aromatic nitrogens is 2. The van der Waals surface area contributed by atoms with E-state index in [2.05, 4.69) is 10.3 Å². The number of aryl methyl sites for hydroxylation is 1. The first-order valence-electron chi connectivity index (χ1n) is 10.4. The number of hydrogen-bond donors (Lipinski definition) is 3. The third-order valence-corrected chi connectivity index (χ3v) is 7.41. The lowest BCUT2D eigenvalue weighted by atomic mass is 10.00. The predicted octanol–water partition coefficient (Wildman–Crippen LogP) is 0.137. The smallest absolute Gasteiger partial charge is 0.331 e. The van der Waals surface area contributed by atoms with Crippen molar-refractivity contribution in [3.8, 4) is 0 Å². The Labute approximate surface area is 185 Å². The summed E-state index contributed by atoms with van der Waals surface area (Å²) < 4.78 is 36.3. The largest absolute Gasteiger partial charge is 0.387 e. The maximum atomic E-state index is 12.9. The SMILES string of the molecule is CCOP(=O)(C[C@@H](C)C1O[C@H](n2cc(C)c(=O)[nH]c2=O)[C@H](OCC(=O)NC)[C@@H]1O)OCC. The maximum absolute atomic E-state index is 12.9. The predicted molar refractivity (Wildman–Crippen MR) is 115 cm³/mol. The second kappa shape index (κ2) is 11.4. The molecule has 1 aromatic heterocycles. The van der Waals surface area contributed by atoms with Crippen LogP contribution in [-0.2, 0) is 27.9 Å². The van der Waals surface area contributed by atoms with Crippen molar-refractivity contribution < 1.29 is 33.0 Å². The molecule has 1 unspecified atom stereocenters. The van der Waals surface area contributed by atoms with Gasteiger partial charge in [-0.25, -0.2) is 4.79 Å². The summed E-state index contributed by atoms with van der Waals surface area (Å²) in [5.41, 5.74) is -1.05. The number of nitrogens with one attached hydrogen (secondary N) is 2. The summed E-state index contributed by atoms with van der Waals surface area (Å²) in [6.45, 7) is 6.60. The fourth-order valence-electron chi connectivity index (χ4n) is 3.56. The molecule has 3 N–H and O–H groups in total. The Hall–Kier alpha value is -1.82. The highest BCUT2D eigenvalue weighted by Crippen LogP contribution is 2.51. The lowest BCUT2D eigenvalue weighted by molar-refractivity contribution is -0.132. The van der Waals surface area contributed by atoms with Gasteiger partial charge in [0.25, 0.3) is 5.56 Å². The molecule has 0 spiro atoms. The Kier molecular flexibility index (Phi) is 9.38. The standard InChI is InChI=1S/C19H32N3O9P/c1-6-29-32(27,30-7-2)10-12(4)15-14(24)16(28-9-13(23)20-5)18(31-15)22-8-11(3)17(25)21-19(22)26/h8,12,14-16,18,24H,6-7,9-10H2,1-5H3,(H,20,23)(H,21,25,26)/t12-,14-,15?,16-,18+/m1/s1. The summed E-state index contributed by atoms with van der Waals surface area (Å²) in [7, 11) is -2.00. The Morgan fingerprint density at radius 1 is 1.34 bits per heavy atom. The van der Waals surface area contributed by atoms with E-state index in [0.29, 0.717) is 0 Å². The number of aromatic amines is 1. The number of ether oxygens (including phenoxy) is 2. The number of nitrogens with zero attached hydrogens (tertiary/aromatic N) is 1. The molecule has 2 rings (SSSR count). The van der Waals surface area contributed by atoms with Gasteiger partial charge in [0, 0.05) is 18.8 Å². The first kappa shape index (κ1) is 26.4. The summed E-state index contributed by atoms with van der Waals surface area (Å²) >= 11 is 0. The molecule has 12 nitrogen and oxygen atoms in total. The van der Waals surface area contributed by atoms with Crippen LogP contribution in [0.25, 0.3) is 0 Å². The average molecular weight is 477 g/mol. The molecule has 0 aliphatic carbocycles. The van der Waals surface area contributed by atoms with Crippen molar-refractivity contribution in [2.45, 2.75) is 52.2 Å². The van der Waals surface area contributed by atoms with Crippen molar-refractivity contribution in [2.24, 2.45) is 5.92 Å². The third kappa shape index (κ3) is 6.15. The van der Waals surface area contributed by atoms with E-state index in [9.17, 15) is 24.1 Å². The van der Waals surface area contributed by atoms with E-state index in [4.69, 9.17) is 18.5 Å². The molecule has 1 fully saturated rings. The van der Waals surface area contributed by atoms with E-state index in [-0.39, 0.29) is 31.5 Å². The van der Waals surface area contributed by atoms with E-state index < -0.39 is 55.2 Å². The van der Waals surface area contributed by atoms with Gasteiger partial charge in [0.05, 0.1) is 25.5 Å². The molecule has 0 saturated carbocycles. The van der Waals surface area contributed by atoms with Gasteiger partial charge in [0.2, 0.25) is 5.91 Å².